The number of ether oxygens (including phenoxy) is 1. The van der Waals surface area contributed by atoms with E-state index in [0.29, 0.717) is 24.5 Å². The van der Waals surface area contributed by atoms with Crippen LogP contribution in [0.3, 0.4) is 0 Å². The van der Waals surface area contributed by atoms with Crippen molar-refractivity contribution in [3.63, 3.8) is 0 Å². The molecule has 0 bridgehead atoms. The molecule has 0 aromatic heterocycles. The van der Waals surface area contributed by atoms with Gasteiger partial charge in [-0.2, -0.15) is 0 Å². The van der Waals surface area contributed by atoms with Crippen molar-refractivity contribution in [3.8, 4) is 0 Å². The molecule has 16 heavy (non-hydrogen) atoms. The van der Waals surface area contributed by atoms with Crippen LogP contribution in [0.5, 0.6) is 0 Å². The Morgan fingerprint density at radius 1 is 1.62 bits per heavy atom. The van der Waals surface area contributed by atoms with Crippen molar-refractivity contribution in [3.05, 3.63) is 33.3 Å². The average molecular weight is 306 g/mol. The van der Waals surface area contributed by atoms with Crippen LogP contribution in [0.25, 0.3) is 0 Å². The maximum Gasteiger partial charge on any atom is 0.0967 e. The predicted octanol–water partition coefficient (Wildman–Crippen LogP) is 3.18. The Morgan fingerprint density at radius 2 is 2.38 bits per heavy atom. The van der Waals surface area contributed by atoms with Crippen molar-refractivity contribution >= 4 is 27.5 Å². The van der Waals surface area contributed by atoms with Crippen LogP contribution in [0.4, 0.5) is 0 Å². The monoisotopic (exact) mass is 304 g/mol. The summed E-state index contributed by atoms with van der Waals surface area (Å²) in [6.45, 7) is 2.52. The number of halogens is 2. The zero-order valence-electron chi connectivity index (χ0n) is 9.04. The summed E-state index contributed by atoms with van der Waals surface area (Å²) in [6, 6.07) is 5.72. The first-order valence-corrected chi connectivity index (χ1v) is 6.46. The first kappa shape index (κ1) is 12.4. The fourth-order valence-corrected chi connectivity index (χ4v) is 2.74. The summed E-state index contributed by atoms with van der Waals surface area (Å²) >= 11 is 9.50. The molecule has 0 aliphatic carbocycles. The maximum absolute atomic E-state index is 10.4. The van der Waals surface area contributed by atoms with E-state index in [0.717, 1.165) is 10.0 Å². The van der Waals surface area contributed by atoms with Gasteiger partial charge in [-0.3, -0.25) is 0 Å². The van der Waals surface area contributed by atoms with E-state index in [4.69, 9.17) is 16.3 Å². The highest BCUT2D eigenvalue weighted by Gasteiger charge is 2.39. The number of benzene rings is 1. The van der Waals surface area contributed by atoms with Gasteiger partial charge in [0.1, 0.15) is 0 Å². The van der Waals surface area contributed by atoms with E-state index in [1.807, 2.05) is 25.1 Å². The van der Waals surface area contributed by atoms with Crippen molar-refractivity contribution in [1.29, 1.82) is 0 Å². The summed E-state index contributed by atoms with van der Waals surface area (Å²) in [6.07, 6.45) is 1.08. The molecule has 1 N–H and O–H groups in total. The van der Waals surface area contributed by atoms with Gasteiger partial charge in [0.25, 0.3) is 0 Å². The van der Waals surface area contributed by atoms with Crippen LogP contribution in [-0.4, -0.2) is 23.4 Å². The van der Waals surface area contributed by atoms with Gasteiger partial charge in [0, 0.05) is 28.9 Å². The van der Waals surface area contributed by atoms with Gasteiger partial charge in [-0.1, -0.05) is 33.6 Å². The Balaban J connectivity index is 2.20. The van der Waals surface area contributed by atoms with Gasteiger partial charge >= 0.3 is 0 Å². The molecule has 1 fully saturated rings. The summed E-state index contributed by atoms with van der Waals surface area (Å²) < 4.78 is 6.35. The summed E-state index contributed by atoms with van der Waals surface area (Å²) in [5, 5.41) is 11.1. The van der Waals surface area contributed by atoms with E-state index >= 15 is 0 Å². The maximum atomic E-state index is 10.4. The molecule has 1 aliphatic rings. The Morgan fingerprint density at radius 3 is 2.94 bits per heavy atom. The SMILES string of the molecule is CC1OCCC1(O)Cc1ccc(Br)cc1Cl. The molecule has 0 amide bonds. The molecule has 1 aromatic carbocycles. The van der Waals surface area contributed by atoms with Gasteiger partial charge in [0.2, 0.25) is 0 Å². The molecule has 2 atom stereocenters. The molecule has 2 unspecified atom stereocenters. The lowest BCUT2D eigenvalue weighted by molar-refractivity contribution is -0.0268. The quantitative estimate of drug-likeness (QED) is 0.909. The van der Waals surface area contributed by atoms with Gasteiger partial charge in [0.15, 0.2) is 0 Å². The Hall–Kier alpha value is -0.0900. The minimum atomic E-state index is -0.780. The van der Waals surface area contributed by atoms with Gasteiger partial charge in [0.05, 0.1) is 11.7 Å². The van der Waals surface area contributed by atoms with Crippen molar-refractivity contribution in [2.75, 3.05) is 6.61 Å². The van der Waals surface area contributed by atoms with Crippen LogP contribution in [0.1, 0.15) is 18.9 Å². The molecule has 0 radical (unpaired) electrons. The second-order valence-corrected chi connectivity index (χ2v) is 5.60. The van der Waals surface area contributed by atoms with Crippen LogP contribution < -0.4 is 0 Å². The van der Waals surface area contributed by atoms with Gasteiger partial charge < -0.3 is 9.84 Å². The highest BCUT2D eigenvalue weighted by molar-refractivity contribution is 9.10. The topological polar surface area (TPSA) is 29.5 Å². The van der Waals surface area contributed by atoms with E-state index in [2.05, 4.69) is 15.9 Å². The second kappa shape index (κ2) is 4.65. The molecule has 1 heterocycles. The van der Waals surface area contributed by atoms with E-state index in [9.17, 15) is 5.11 Å². The first-order chi connectivity index (χ1) is 7.51. The van der Waals surface area contributed by atoms with Gasteiger partial charge in [-0.25, -0.2) is 0 Å². The minimum absolute atomic E-state index is 0.132. The Bertz CT molecular complexity index is 397. The molecule has 1 aromatic rings. The number of hydrogen-bond donors (Lipinski definition) is 1. The lowest BCUT2D eigenvalue weighted by Gasteiger charge is -2.26. The highest BCUT2D eigenvalue weighted by Crippen LogP contribution is 2.32. The number of rotatable bonds is 2. The van der Waals surface area contributed by atoms with E-state index in [1.165, 1.54) is 0 Å². The zero-order chi connectivity index (χ0) is 11.8. The summed E-state index contributed by atoms with van der Waals surface area (Å²) in [4.78, 5) is 0. The molecule has 1 aliphatic heterocycles. The molecular weight excluding hydrogens is 291 g/mol. The van der Waals surface area contributed by atoms with Crippen molar-refractivity contribution in [2.24, 2.45) is 0 Å². The van der Waals surface area contributed by atoms with Crippen molar-refractivity contribution in [1.82, 2.24) is 0 Å². The second-order valence-electron chi connectivity index (χ2n) is 4.28. The smallest absolute Gasteiger partial charge is 0.0967 e. The highest BCUT2D eigenvalue weighted by atomic mass is 79.9. The molecule has 0 saturated carbocycles. The minimum Gasteiger partial charge on any atom is -0.387 e. The zero-order valence-corrected chi connectivity index (χ0v) is 11.4. The third kappa shape index (κ3) is 2.43. The van der Waals surface area contributed by atoms with Gasteiger partial charge in [-0.05, 0) is 24.6 Å². The Kier molecular flexibility index (Phi) is 3.59. The third-order valence-corrected chi connectivity index (χ3v) is 4.02. The molecule has 4 heteroatoms. The van der Waals surface area contributed by atoms with E-state index in [1.54, 1.807) is 0 Å². The first-order valence-electron chi connectivity index (χ1n) is 5.29. The molecule has 88 valence electrons. The fourth-order valence-electron chi connectivity index (χ4n) is 2.00. The van der Waals surface area contributed by atoms with E-state index < -0.39 is 5.60 Å². The predicted molar refractivity (Wildman–Crippen MR) is 67.8 cm³/mol. The van der Waals surface area contributed by atoms with Crippen LogP contribution >= 0.6 is 27.5 Å². The van der Waals surface area contributed by atoms with E-state index in [-0.39, 0.29) is 6.10 Å². The van der Waals surface area contributed by atoms with Crippen LogP contribution in [-0.2, 0) is 11.2 Å². The lowest BCUT2D eigenvalue weighted by Crippen LogP contribution is -2.38. The summed E-state index contributed by atoms with van der Waals surface area (Å²) in [5.74, 6) is 0. The molecule has 0 spiro atoms. The Labute approximate surface area is 109 Å². The summed E-state index contributed by atoms with van der Waals surface area (Å²) in [7, 11) is 0. The number of hydrogen-bond acceptors (Lipinski definition) is 2. The number of aliphatic hydroxyl groups is 1. The van der Waals surface area contributed by atoms with Crippen LogP contribution in [0.15, 0.2) is 22.7 Å². The average Bonchev–Trinajstić information content (AvgIpc) is 2.52. The molecular formula is C12H14BrClO2. The third-order valence-electron chi connectivity index (χ3n) is 3.17. The van der Waals surface area contributed by atoms with Crippen LogP contribution in [0, 0.1) is 0 Å². The van der Waals surface area contributed by atoms with Crippen molar-refractivity contribution in [2.45, 2.75) is 31.5 Å². The molecule has 2 rings (SSSR count). The fraction of sp³-hybridized carbons (Fsp3) is 0.500. The summed E-state index contributed by atoms with van der Waals surface area (Å²) in [5.41, 5.74) is 0.182. The molecule has 2 nitrogen and oxygen atoms in total. The lowest BCUT2D eigenvalue weighted by atomic mass is 9.89. The van der Waals surface area contributed by atoms with Crippen molar-refractivity contribution < 1.29 is 9.84 Å². The standard InChI is InChI=1S/C12H14BrClO2/c1-8-12(15,4-5-16-8)7-9-2-3-10(13)6-11(9)14/h2-3,6,8,15H,4-5,7H2,1H3. The normalized spacial score (nSPS) is 29.6. The van der Waals surface area contributed by atoms with Gasteiger partial charge in [-0.15, -0.1) is 0 Å². The largest absolute Gasteiger partial charge is 0.387 e. The van der Waals surface area contributed by atoms with Crippen LogP contribution in [0.2, 0.25) is 5.02 Å². The molecule has 1 saturated heterocycles.